The number of rotatable bonds is 4. The molecule has 1 heterocycles. The lowest BCUT2D eigenvalue weighted by Crippen LogP contribution is -2.00. The smallest absolute Gasteiger partial charge is 0.114 e. The van der Waals surface area contributed by atoms with Crippen molar-refractivity contribution in [3.63, 3.8) is 0 Å². The van der Waals surface area contributed by atoms with E-state index in [-0.39, 0.29) is 0 Å². The van der Waals surface area contributed by atoms with Crippen LogP contribution >= 0.6 is 0 Å². The second-order valence-electron chi connectivity index (χ2n) is 9.46. The molecule has 0 amide bonds. The van der Waals surface area contributed by atoms with Crippen molar-refractivity contribution in [3.05, 3.63) is 133 Å². The fourth-order valence-corrected chi connectivity index (χ4v) is 5.76. The lowest BCUT2D eigenvalue weighted by Gasteiger charge is -2.18. The van der Waals surface area contributed by atoms with E-state index in [1.807, 2.05) is 0 Å². The third-order valence-corrected chi connectivity index (χ3v) is 7.33. The maximum Gasteiger partial charge on any atom is 0.114 e. The van der Waals surface area contributed by atoms with Gasteiger partial charge in [0.2, 0.25) is 0 Å². The van der Waals surface area contributed by atoms with Gasteiger partial charge in [0.15, 0.2) is 0 Å². The monoisotopic (exact) mass is 474 g/mol. The van der Waals surface area contributed by atoms with Crippen molar-refractivity contribution in [1.82, 2.24) is 9.55 Å². The van der Waals surface area contributed by atoms with E-state index in [2.05, 4.69) is 139 Å². The first-order valence-electron chi connectivity index (χ1n) is 12.9. The average molecular weight is 475 g/mol. The van der Waals surface area contributed by atoms with Crippen molar-refractivity contribution < 1.29 is 0 Å². The summed E-state index contributed by atoms with van der Waals surface area (Å²) in [5.74, 6) is 1.08. The molecular weight excluding hydrogens is 448 g/mol. The maximum absolute atomic E-state index is 4.92. The molecule has 0 spiro atoms. The van der Waals surface area contributed by atoms with Gasteiger partial charge in [0.05, 0.1) is 11.0 Å². The van der Waals surface area contributed by atoms with E-state index < -0.39 is 0 Å². The van der Waals surface area contributed by atoms with Crippen LogP contribution in [0.1, 0.15) is 12.7 Å². The molecule has 0 aliphatic carbocycles. The van der Waals surface area contributed by atoms with Crippen LogP contribution in [0.15, 0.2) is 127 Å². The summed E-state index contributed by atoms with van der Waals surface area (Å²) in [6.07, 6.45) is 0.872. The predicted molar refractivity (Wildman–Crippen MR) is 156 cm³/mol. The molecule has 0 unspecified atom stereocenters. The molecule has 7 aromatic rings. The van der Waals surface area contributed by atoms with Gasteiger partial charge < -0.3 is 0 Å². The molecule has 0 atom stereocenters. The van der Waals surface area contributed by atoms with Gasteiger partial charge in [-0.05, 0) is 68.1 Å². The Morgan fingerprint density at radius 1 is 0.541 bits per heavy atom. The number of fused-ring (bicyclic) bond motifs is 3. The number of hydrogen-bond donors (Lipinski definition) is 0. The van der Waals surface area contributed by atoms with Gasteiger partial charge in [-0.1, -0.05) is 110 Å². The molecule has 176 valence electrons. The van der Waals surface area contributed by atoms with Crippen LogP contribution in [-0.4, -0.2) is 9.55 Å². The topological polar surface area (TPSA) is 17.8 Å². The number of nitrogens with zero attached hydrogens (tertiary/aromatic N) is 2. The summed E-state index contributed by atoms with van der Waals surface area (Å²) in [5.41, 5.74) is 8.34. The molecule has 1 aromatic heterocycles. The number of hydrogen-bond acceptors (Lipinski definition) is 1. The summed E-state index contributed by atoms with van der Waals surface area (Å²) < 4.78 is 2.31. The van der Waals surface area contributed by atoms with E-state index in [4.69, 9.17) is 4.98 Å². The zero-order valence-electron chi connectivity index (χ0n) is 20.7. The third kappa shape index (κ3) is 3.45. The van der Waals surface area contributed by atoms with Crippen molar-refractivity contribution in [2.24, 2.45) is 0 Å². The Balaban J connectivity index is 1.55. The number of aryl methyl sites for hydroxylation is 1. The first-order chi connectivity index (χ1) is 18.3. The van der Waals surface area contributed by atoms with Crippen molar-refractivity contribution in [2.75, 3.05) is 0 Å². The maximum atomic E-state index is 4.92. The van der Waals surface area contributed by atoms with Crippen LogP contribution in [0.25, 0.3) is 60.5 Å². The van der Waals surface area contributed by atoms with Gasteiger partial charge in [0.25, 0.3) is 0 Å². The first kappa shape index (κ1) is 21.6. The minimum absolute atomic E-state index is 0.872. The van der Waals surface area contributed by atoms with E-state index in [1.54, 1.807) is 0 Å². The lowest BCUT2D eigenvalue weighted by atomic mass is 9.86. The molecule has 0 saturated carbocycles. The summed E-state index contributed by atoms with van der Waals surface area (Å²) >= 11 is 0. The Morgan fingerprint density at radius 2 is 1.08 bits per heavy atom. The van der Waals surface area contributed by atoms with Gasteiger partial charge in [0, 0.05) is 12.1 Å². The number of benzene rings is 6. The normalized spacial score (nSPS) is 11.5. The molecule has 0 bridgehead atoms. The molecule has 37 heavy (non-hydrogen) atoms. The highest BCUT2D eigenvalue weighted by molar-refractivity contribution is 6.21. The summed E-state index contributed by atoms with van der Waals surface area (Å²) in [7, 11) is 0. The van der Waals surface area contributed by atoms with Crippen LogP contribution in [0, 0.1) is 0 Å². The highest BCUT2D eigenvalue weighted by Crippen LogP contribution is 2.43. The van der Waals surface area contributed by atoms with E-state index >= 15 is 0 Å². The Labute approximate surface area is 216 Å². The summed E-state index contributed by atoms with van der Waals surface area (Å²) in [6, 6.07) is 45.7. The van der Waals surface area contributed by atoms with Crippen LogP contribution < -0.4 is 0 Å². The minimum Gasteiger partial charge on any atom is -0.296 e. The van der Waals surface area contributed by atoms with E-state index in [1.165, 1.54) is 43.8 Å². The zero-order valence-corrected chi connectivity index (χ0v) is 20.7. The van der Waals surface area contributed by atoms with Crippen LogP contribution in [0.4, 0.5) is 0 Å². The molecule has 2 nitrogen and oxygen atoms in total. The highest BCUT2D eigenvalue weighted by atomic mass is 15.1. The Hall–Kier alpha value is -4.69. The van der Waals surface area contributed by atoms with Gasteiger partial charge in [-0.3, -0.25) is 4.57 Å². The van der Waals surface area contributed by atoms with Gasteiger partial charge in [0.1, 0.15) is 5.82 Å². The minimum atomic E-state index is 0.872. The molecule has 0 radical (unpaired) electrons. The molecule has 2 heteroatoms. The van der Waals surface area contributed by atoms with Crippen molar-refractivity contribution >= 4 is 32.6 Å². The predicted octanol–water partition coefficient (Wildman–Crippen LogP) is 9.23. The summed E-state index contributed by atoms with van der Waals surface area (Å²) in [5, 5.41) is 5.08. The van der Waals surface area contributed by atoms with E-state index in [9.17, 15) is 0 Å². The van der Waals surface area contributed by atoms with Crippen LogP contribution in [-0.2, 0) is 6.42 Å². The van der Waals surface area contributed by atoms with Crippen molar-refractivity contribution in [3.8, 4) is 27.9 Å². The first-order valence-corrected chi connectivity index (χ1v) is 12.9. The average Bonchev–Trinajstić information content (AvgIpc) is 3.35. The van der Waals surface area contributed by atoms with Gasteiger partial charge >= 0.3 is 0 Å². The van der Waals surface area contributed by atoms with E-state index in [0.29, 0.717) is 0 Å². The molecule has 0 fully saturated rings. The Morgan fingerprint density at radius 3 is 1.73 bits per heavy atom. The lowest BCUT2D eigenvalue weighted by molar-refractivity contribution is 0.908. The quantitative estimate of drug-likeness (QED) is 0.232. The standard InChI is InChI=1S/C35H26N2/c1-2-33-36-31-21-10-11-22-32(31)37(33)26-16-12-15-25(23-26)35-29-19-8-6-17-27(29)34(24-13-4-3-5-14-24)28-18-7-9-20-30(28)35/h3-23H,2H2,1H3. The molecule has 0 aliphatic heterocycles. The number of imidazole rings is 1. The fourth-order valence-electron chi connectivity index (χ4n) is 5.76. The Kier molecular flexibility index (Phi) is 5.11. The SMILES string of the molecule is CCc1nc2ccccc2n1-c1cccc(-c2c3ccccc3c(-c3ccccc3)c3ccccc23)c1. The molecule has 7 rings (SSSR count). The molecule has 0 aliphatic rings. The molecule has 0 N–H and O–H groups in total. The number of aromatic nitrogens is 2. The highest BCUT2D eigenvalue weighted by Gasteiger charge is 2.17. The van der Waals surface area contributed by atoms with Crippen molar-refractivity contribution in [1.29, 1.82) is 0 Å². The fraction of sp³-hybridized carbons (Fsp3) is 0.0571. The number of para-hydroxylation sites is 2. The van der Waals surface area contributed by atoms with Crippen LogP contribution in [0.3, 0.4) is 0 Å². The second kappa shape index (κ2) is 8.76. The van der Waals surface area contributed by atoms with Gasteiger partial charge in [-0.15, -0.1) is 0 Å². The molecular formula is C35H26N2. The van der Waals surface area contributed by atoms with Gasteiger partial charge in [-0.25, -0.2) is 4.98 Å². The Bertz CT molecular complexity index is 1850. The van der Waals surface area contributed by atoms with Crippen LogP contribution in [0.5, 0.6) is 0 Å². The van der Waals surface area contributed by atoms with E-state index in [0.717, 1.165) is 29.0 Å². The summed E-state index contributed by atoms with van der Waals surface area (Å²) in [6.45, 7) is 2.17. The third-order valence-electron chi connectivity index (χ3n) is 7.33. The molecule has 0 saturated heterocycles. The zero-order chi connectivity index (χ0) is 24.8. The molecule has 6 aromatic carbocycles. The van der Waals surface area contributed by atoms with Crippen molar-refractivity contribution in [2.45, 2.75) is 13.3 Å². The van der Waals surface area contributed by atoms with Crippen LogP contribution in [0.2, 0.25) is 0 Å². The summed E-state index contributed by atoms with van der Waals surface area (Å²) in [4.78, 5) is 4.92. The second-order valence-corrected chi connectivity index (χ2v) is 9.46. The van der Waals surface area contributed by atoms with Gasteiger partial charge in [-0.2, -0.15) is 0 Å². The largest absolute Gasteiger partial charge is 0.296 e.